The number of ketones is 1. The van der Waals surface area contributed by atoms with Crippen LogP contribution < -0.4 is 11.5 Å². The van der Waals surface area contributed by atoms with E-state index in [1.165, 1.54) is 24.2 Å². The van der Waals surface area contributed by atoms with Crippen molar-refractivity contribution in [1.29, 1.82) is 0 Å². The summed E-state index contributed by atoms with van der Waals surface area (Å²) in [6.07, 6.45) is 3.57. The molecule has 200 valence electrons. The summed E-state index contributed by atoms with van der Waals surface area (Å²) in [5, 5.41) is 10.8. The molecule has 0 amide bonds. The van der Waals surface area contributed by atoms with E-state index in [0.717, 1.165) is 49.6 Å². The van der Waals surface area contributed by atoms with Crippen LogP contribution in [0.1, 0.15) is 53.8 Å². The number of carbonyl (C=O) groups is 2. The molecule has 1 aliphatic heterocycles. The van der Waals surface area contributed by atoms with Crippen LogP contribution in [-0.4, -0.2) is 47.1 Å². The van der Waals surface area contributed by atoms with Crippen molar-refractivity contribution in [2.45, 2.75) is 45.7 Å². The molecule has 1 aliphatic carbocycles. The van der Waals surface area contributed by atoms with Crippen molar-refractivity contribution in [3.8, 4) is 0 Å². The van der Waals surface area contributed by atoms with Gasteiger partial charge in [-0.2, -0.15) is 0 Å². The molecule has 0 radical (unpaired) electrons. The number of hydrogen-bond donors (Lipinski definition) is 4. The molecule has 10 heteroatoms. The summed E-state index contributed by atoms with van der Waals surface area (Å²) >= 11 is 8.00. The Morgan fingerprint density at radius 3 is 2.08 bits per heavy atom. The highest BCUT2D eigenvalue weighted by Gasteiger charge is 2.13. The van der Waals surface area contributed by atoms with E-state index in [2.05, 4.69) is 36.8 Å². The zero-order valence-electron chi connectivity index (χ0n) is 19.8. The second kappa shape index (κ2) is 14.8. The number of aromatic carboxylic acids is 1. The van der Waals surface area contributed by atoms with Gasteiger partial charge < -0.3 is 26.3 Å². The lowest BCUT2D eigenvalue weighted by molar-refractivity contribution is 0.0702. The van der Waals surface area contributed by atoms with Crippen LogP contribution in [0.25, 0.3) is 21.0 Å². The Morgan fingerprint density at radius 1 is 0.973 bits per heavy atom. The maximum absolute atomic E-state index is 11.1. The molecular weight excluding hydrogens is 622 g/mol. The highest BCUT2D eigenvalue weighted by molar-refractivity contribution is 9.10. The van der Waals surface area contributed by atoms with Crippen LogP contribution in [0.2, 0.25) is 0 Å². The molecule has 2 fully saturated rings. The zero-order valence-corrected chi connectivity index (χ0v) is 23.8. The number of carboxylic acid groups (broad SMARTS) is 1. The molecule has 2 aromatic heterocycles. The number of carbonyl (C=O) groups excluding carboxylic acids is 1. The number of nitrogens with two attached hydrogens (primary N) is 2. The van der Waals surface area contributed by atoms with Gasteiger partial charge in [0.1, 0.15) is 4.88 Å². The molecule has 4 aromatic rings. The quantitative estimate of drug-likeness (QED) is 0.173. The van der Waals surface area contributed by atoms with Crippen LogP contribution in [0, 0.1) is 0 Å². The van der Waals surface area contributed by atoms with Gasteiger partial charge in [-0.05, 0) is 61.0 Å². The van der Waals surface area contributed by atoms with E-state index in [0.29, 0.717) is 22.7 Å². The third-order valence-electron chi connectivity index (χ3n) is 5.24. The number of fused-ring (bicyclic) bond motifs is 2. The smallest absolute Gasteiger partial charge is 0.345 e. The van der Waals surface area contributed by atoms with Crippen LogP contribution in [0.15, 0.2) is 57.5 Å². The summed E-state index contributed by atoms with van der Waals surface area (Å²) in [4.78, 5) is 25.1. The molecule has 0 bridgehead atoms. The number of nitrogens with one attached hydrogen (secondary N) is 1. The van der Waals surface area contributed by atoms with Gasteiger partial charge in [0, 0.05) is 50.2 Å². The van der Waals surface area contributed by atoms with Gasteiger partial charge in [-0.3, -0.25) is 4.79 Å². The lowest BCUT2D eigenvalue weighted by Crippen LogP contribution is -2.18. The van der Waals surface area contributed by atoms with Gasteiger partial charge in [-0.15, -0.1) is 11.3 Å². The summed E-state index contributed by atoms with van der Waals surface area (Å²) in [6.45, 7) is 3.18. The molecule has 2 aromatic carbocycles. The number of benzene rings is 2. The number of H-pyrrole nitrogens is 1. The topological polar surface area (TPSA) is 131 Å². The number of ether oxygens (including phenoxy) is 1. The lowest BCUT2D eigenvalue weighted by Gasteiger charge is -1.90. The molecule has 7 nitrogen and oxygen atoms in total. The van der Waals surface area contributed by atoms with Gasteiger partial charge in [0.05, 0.1) is 12.3 Å². The number of aromatic amines is 1. The molecule has 1 saturated carbocycles. The van der Waals surface area contributed by atoms with Gasteiger partial charge in [0.15, 0.2) is 5.78 Å². The van der Waals surface area contributed by atoms with Crippen LogP contribution >= 0.6 is 43.2 Å². The number of rotatable bonds is 2. The van der Waals surface area contributed by atoms with E-state index in [4.69, 9.17) is 21.3 Å². The number of thiophene rings is 1. The predicted molar refractivity (Wildman–Crippen MR) is 160 cm³/mol. The third-order valence-corrected chi connectivity index (χ3v) is 7.32. The predicted octanol–water partition coefficient (Wildman–Crippen LogP) is 6.97. The van der Waals surface area contributed by atoms with Crippen molar-refractivity contribution < 1.29 is 19.4 Å². The van der Waals surface area contributed by atoms with E-state index in [1.54, 1.807) is 13.0 Å². The Morgan fingerprint density at radius 2 is 1.59 bits per heavy atom. The first-order valence-corrected chi connectivity index (χ1v) is 13.8. The second-order valence-electron chi connectivity index (χ2n) is 8.53. The summed E-state index contributed by atoms with van der Waals surface area (Å²) < 4.78 is 7.91. The second-order valence-corrected chi connectivity index (χ2v) is 11.4. The molecular formula is C27H33Br2N3O4S. The highest BCUT2D eigenvalue weighted by Crippen LogP contribution is 2.28. The van der Waals surface area contributed by atoms with E-state index in [1.807, 2.05) is 42.5 Å². The molecule has 3 heterocycles. The average Bonchev–Trinajstić information content (AvgIpc) is 3.23. The maximum atomic E-state index is 11.1. The van der Waals surface area contributed by atoms with Crippen molar-refractivity contribution in [2.24, 2.45) is 11.5 Å². The third kappa shape index (κ3) is 10.3. The minimum Gasteiger partial charge on any atom is -0.477 e. The standard InChI is InChI=1S/C10H8BrNO.C9H5BrO2S.C4H9NO.C3H7N.CH4/c1-6(13)9-4-7-2-3-8(11)5-10(7)12-9;10-6-2-1-5-3-8(9(11)12)13-7(5)4-6;5-4-1-2-6-3-4;4-3-1-2-3;/h2-5,12H,1H3;1-4H,(H,11,12);4H,1-3,5H2;3H,1-2,4H2;1H4. The van der Waals surface area contributed by atoms with Gasteiger partial charge >= 0.3 is 5.97 Å². The monoisotopic (exact) mass is 653 g/mol. The first-order valence-electron chi connectivity index (χ1n) is 11.4. The zero-order chi connectivity index (χ0) is 26.2. The molecule has 2 aliphatic rings. The Bertz CT molecular complexity index is 1240. The number of hydrogen-bond acceptors (Lipinski definition) is 6. The molecule has 6 rings (SSSR count). The van der Waals surface area contributed by atoms with Crippen molar-refractivity contribution >= 4 is 75.9 Å². The fourth-order valence-electron chi connectivity index (χ4n) is 3.05. The summed E-state index contributed by atoms with van der Waals surface area (Å²) in [6, 6.07) is 16.1. The van der Waals surface area contributed by atoms with E-state index < -0.39 is 5.97 Å². The average molecular weight is 655 g/mol. The molecule has 37 heavy (non-hydrogen) atoms. The number of Topliss-reactive ketones (excluding diaryl/α,β-unsaturated/α-hetero) is 1. The Balaban J connectivity index is 0.000000188. The number of aromatic nitrogens is 1. The Hall–Kier alpha value is -2.08. The first kappa shape index (κ1) is 31.1. The first-order chi connectivity index (χ1) is 17.1. The normalized spacial score (nSPS) is 15.9. The van der Waals surface area contributed by atoms with Crippen molar-refractivity contribution in [3.63, 3.8) is 0 Å². The molecule has 0 spiro atoms. The SMILES string of the molecule is C.CC(=O)c1cc2ccc(Br)cc2[nH]1.NC1CC1.NC1CCOC1.O=C(O)c1cc2ccc(Br)cc2s1. The van der Waals surface area contributed by atoms with Crippen LogP contribution in [0.5, 0.6) is 0 Å². The van der Waals surface area contributed by atoms with Gasteiger partial charge in [-0.25, -0.2) is 4.79 Å². The van der Waals surface area contributed by atoms with Crippen LogP contribution in [0.3, 0.4) is 0 Å². The summed E-state index contributed by atoms with van der Waals surface area (Å²) in [5.41, 5.74) is 12.3. The molecule has 6 N–H and O–H groups in total. The fraction of sp³-hybridized carbons (Fsp3) is 0.333. The highest BCUT2D eigenvalue weighted by atomic mass is 79.9. The summed E-state index contributed by atoms with van der Waals surface area (Å²) in [5.74, 6) is -0.801. The number of carboxylic acids is 1. The van der Waals surface area contributed by atoms with Crippen LogP contribution in [-0.2, 0) is 4.74 Å². The minimum absolute atomic E-state index is 0. The maximum Gasteiger partial charge on any atom is 0.345 e. The van der Waals surface area contributed by atoms with Gasteiger partial charge in [-0.1, -0.05) is 51.4 Å². The van der Waals surface area contributed by atoms with E-state index >= 15 is 0 Å². The van der Waals surface area contributed by atoms with E-state index in [9.17, 15) is 9.59 Å². The van der Waals surface area contributed by atoms with Gasteiger partial charge in [0.2, 0.25) is 0 Å². The number of halogens is 2. The van der Waals surface area contributed by atoms with Crippen molar-refractivity contribution in [2.75, 3.05) is 13.2 Å². The van der Waals surface area contributed by atoms with Gasteiger partial charge in [0.25, 0.3) is 0 Å². The molecule has 1 saturated heterocycles. The molecule has 1 atom stereocenters. The Labute approximate surface area is 237 Å². The molecule has 1 unspecified atom stereocenters. The summed E-state index contributed by atoms with van der Waals surface area (Å²) in [7, 11) is 0. The fourth-order valence-corrected chi connectivity index (χ4v) is 4.86. The largest absolute Gasteiger partial charge is 0.477 e. The van der Waals surface area contributed by atoms with Crippen molar-refractivity contribution in [3.05, 3.63) is 68.0 Å². The van der Waals surface area contributed by atoms with Crippen LogP contribution in [0.4, 0.5) is 0 Å². The Kier molecular flexibility index (Phi) is 12.4. The van der Waals surface area contributed by atoms with E-state index in [-0.39, 0.29) is 13.2 Å². The lowest BCUT2D eigenvalue weighted by atomic mass is 10.2. The van der Waals surface area contributed by atoms with Crippen molar-refractivity contribution in [1.82, 2.24) is 4.98 Å². The minimum atomic E-state index is -0.864.